The summed E-state index contributed by atoms with van der Waals surface area (Å²) in [6, 6.07) is 4.57. The van der Waals surface area contributed by atoms with E-state index in [2.05, 4.69) is 5.32 Å². The molecule has 88 valence electrons. The van der Waals surface area contributed by atoms with Gasteiger partial charge in [-0.3, -0.25) is 4.79 Å². The second kappa shape index (κ2) is 5.51. The van der Waals surface area contributed by atoms with Gasteiger partial charge in [-0.05, 0) is 25.5 Å². The van der Waals surface area contributed by atoms with Crippen LogP contribution in [0.3, 0.4) is 0 Å². The van der Waals surface area contributed by atoms with Crippen LogP contribution in [-0.2, 0) is 0 Å². The summed E-state index contributed by atoms with van der Waals surface area (Å²) < 4.78 is 0. The van der Waals surface area contributed by atoms with Crippen LogP contribution in [0.25, 0.3) is 0 Å². The summed E-state index contributed by atoms with van der Waals surface area (Å²) >= 11 is 0. The largest absolute Gasteiger partial charge is 0.507 e. The number of amides is 1. The predicted molar refractivity (Wildman–Crippen MR) is 61.5 cm³/mol. The lowest BCUT2D eigenvalue weighted by molar-refractivity contribution is 0.0912. The molecule has 3 N–H and O–H groups in total. The first kappa shape index (κ1) is 12.5. The number of aliphatic hydroxyl groups excluding tert-OH is 1. The van der Waals surface area contributed by atoms with E-state index in [-0.39, 0.29) is 29.9 Å². The molecule has 16 heavy (non-hydrogen) atoms. The molecule has 1 aromatic rings. The fraction of sp³-hybridized carbons (Fsp3) is 0.417. The van der Waals surface area contributed by atoms with Gasteiger partial charge in [0.05, 0.1) is 18.2 Å². The first-order chi connectivity index (χ1) is 7.58. The van der Waals surface area contributed by atoms with Crippen molar-refractivity contribution in [1.29, 1.82) is 0 Å². The van der Waals surface area contributed by atoms with E-state index in [0.29, 0.717) is 6.42 Å². The summed E-state index contributed by atoms with van der Waals surface area (Å²) in [5.74, 6) is -0.405. The number of carbonyl (C=O) groups excluding carboxylic acids is 1. The Kier molecular flexibility index (Phi) is 4.31. The average molecular weight is 223 g/mol. The summed E-state index contributed by atoms with van der Waals surface area (Å²) in [4.78, 5) is 11.8. The normalized spacial score (nSPS) is 12.2. The molecule has 4 nitrogen and oxygen atoms in total. The van der Waals surface area contributed by atoms with Crippen LogP contribution in [-0.4, -0.2) is 28.8 Å². The Morgan fingerprint density at radius 1 is 1.50 bits per heavy atom. The highest BCUT2D eigenvalue weighted by molar-refractivity contribution is 5.97. The molecule has 0 unspecified atom stereocenters. The first-order valence-electron chi connectivity index (χ1n) is 5.29. The van der Waals surface area contributed by atoms with Crippen LogP contribution >= 0.6 is 0 Å². The van der Waals surface area contributed by atoms with Crippen LogP contribution in [0.1, 0.15) is 29.3 Å². The van der Waals surface area contributed by atoms with Crippen molar-refractivity contribution in [2.45, 2.75) is 26.3 Å². The zero-order valence-corrected chi connectivity index (χ0v) is 9.53. The van der Waals surface area contributed by atoms with Gasteiger partial charge in [-0.15, -0.1) is 0 Å². The maximum Gasteiger partial charge on any atom is 0.255 e. The summed E-state index contributed by atoms with van der Waals surface area (Å²) in [5.41, 5.74) is 1.15. The standard InChI is InChI=1S/C12H17NO3/c1-3-9(7-14)13-12(16)10-6-8(2)4-5-11(10)15/h4-6,9,14-15H,3,7H2,1-2H3,(H,13,16)/t9-/m0/s1. The van der Waals surface area contributed by atoms with Crippen molar-refractivity contribution in [2.24, 2.45) is 0 Å². The lowest BCUT2D eigenvalue weighted by Gasteiger charge is -2.14. The highest BCUT2D eigenvalue weighted by Crippen LogP contribution is 2.18. The van der Waals surface area contributed by atoms with Crippen LogP contribution < -0.4 is 5.32 Å². The summed E-state index contributed by atoms with van der Waals surface area (Å²) in [6.07, 6.45) is 0.648. The van der Waals surface area contributed by atoms with E-state index in [9.17, 15) is 9.90 Å². The Bertz CT molecular complexity index is 373. The van der Waals surface area contributed by atoms with Gasteiger partial charge < -0.3 is 15.5 Å². The second-order valence-corrected chi connectivity index (χ2v) is 3.78. The quantitative estimate of drug-likeness (QED) is 0.718. The third-order valence-corrected chi connectivity index (χ3v) is 2.45. The van der Waals surface area contributed by atoms with Crippen molar-refractivity contribution in [3.63, 3.8) is 0 Å². The van der Waals surface area contributed by atoms with E-state index in [1.165, 1.54) is 6.07 Å². The number of rotatable bonds is 4. The fourth-order valence-corrected chi connectivity index (χ4v) is 1.37. The van der Waals surface area contributed by atoms with Gasteiger partial charge in [0.1, 0.15) is 5.75 Å². The van der Waals surface area contributed by atoms with Crippen molar-refractivity contribution in [3.8, 4) is 5.75 Å². The van der Waals surface area contributed by atoms with Gasteiger partial charge in [-0.2, -0.15) is 0 Å². The molecule has 0 spiro atoms. The molecule has 0 bridgehead atoms. The molecule has 4 heteroatoms. The molecule has 1 aromatic carbocycles. The Morgan fingerprint density at radius 3 is 2.75 bits per heavy atom. The second-order valence-electron chi connectivity index (χ2n) is 3.78. The smallest absolute Gasteiger partial charge is 0.255 e. The van der Waals surface area contributed by atoms with E-state index in [1.54, 1.807) is 12.1 Å². The van der Waals surface area contributed by atoms with E-state index < -0.39 is 0 Å². The van der Waals surface area contributed by atoms with E-state index in [4.69, 9.17) is 5.11 Å². The number of benzene rings is 1. The van der Waals surface area contributed by atoms with Gasteiger partial charge in [-0.1, -0.05) is 18.6 Å². The molecule has 0 saturated heterocycles. The Balaban J connectivity index is 2.83. The number of phenolic OH excluding ortho intramolecular Hbond substituents is 1. The molecule has 1 atom stereocenters. The van der Waals surface area contributed by atoms with Gasteiger partial charge in [0.25, 0.3) is 5.91 Å². The molecular formula is C12H17NO3. The molecule has 0 aliphatic carbocycles. The average Bonchev–Trinajstić information content (AvgIpc) is 2.28. The van der Waals surface area contributed by atoms with Gasteiger partial charge >= 0.3 is 0 Å². The Labute approximate surface area is 94.9 Å². The number of aryl methyl sites for hydroxylation is 1. The van der Waals surface area contributed by atoms with E-state index in [0.717, 1.165) is 5.56 Å². The third-order valence-electron chi connectivity index (χ3n) is 2.45. The molecule has 0 aliphatic rings. The maximum atomic E-state index is 11.8. The third kappa shape index (κ3) is 2.97. The van der Waals surface area contributed by atoms with Crippen molar-refractivity contribution >= 4 is 5.91 Å². The molecule has 0 aromatic heterocycles. The molecule has 0 fully saturated rings. The minimum Gasteiger partial charge on any atom is -0.507 e. The van der Waals surface area contributed by atoms with Crippen molar-refractivity contribution in [1.82, 2.24) is 5.32 Å². The minimum absolute atomic E-state index is 0.0455. The molecule has 0 aliphatic heterocycles. The Morgan fingerprint density at radius 2 is 2.19 bits per heavy atom. The number of hydrogen-bond donors (Lipinski definition) is 3. The number of hydrogen-bond acceptors (Lipinski definition) is 3. The van der Waals surface area contributed by atoms with Crippen molar-refractivity contribution in [3.05, 3.63) is 29.3 Å². The highest BCUT2D eigenvalue weighted by Gasteiger charge is 2.14. The van der Waals surface area contributed by atoms with Crippen LogP contribution in [0.15, 0.2) is 18.2 Å². The zero-order valence-electron chi connectivity index (χ0n) is 9.53. The van der Waals surface area contributed by atoms with Gasteiger partial charge in [0.2, 0.25) is 0 Å². The lowest BCUT2D eigenvalue weighted by atomic mass is 10.1. The summed E-state index contributed by atoms with van der Waals surface area (Å²) in [5, 5.41) is 21.2. The predicted octanol–water partition coefficient (Wildman–Crippen LogP) is 1.20. The molecule has 0 heterocycles. The van der Waals surface area contributed by atoms with Crippen LogP contribution in [0, 0.1) is 6.92 Å². The number of aliphatic hydroxyl groups is 1. The zero-order chi connectivity index (χ0) is 12.1. The van der Waals surface area contributed by atoms with E-state index >= 15 is 0 Å². The van der Waals surface area contributed by atoms with Crippen LogP contribution in [0.2, 0.25) is 0 Å². The van der Waals surface area contributed by atoms with Crippen LogP contribution in [0.5, 0.6) is 5.75 Å². The van der Waals surface area contributed by atoms with Crippen molar-refractivity contribution in [2.75, 3.05) is 6.61 Å². The van der Waals surface area contributed by atoms with Crippen molar-refractivity contribution < 1.29 is 15.0 Å². The molecule has 0 saturated carbocycles. The number of carbonyl (C=O) groups is 1. The fourth-order valence-electron chi connectivity index (χ4n) is 1.37. The molecule has 1 rings (SSSR count). The van der Waals surface area contributed by atoms with Crippen LogP contribution in [0.4, 0.5) is 0 Å². The molecular weight excluding hydrogens is 206 g/mol. The molecule has 1 amide bonds. The maximum absolute atomic E-state index is 11.8. The summed E-state index contributed by atoms with van der Waals surface area (Å²) in [7, 11) is 0. The number of aromatic hydroxyl groups is 1. The highest BCUT2D eigenvalue weighted by atomic mass is 16.3. The van der Waals surface area contributed by atoms with Gasteiger partial charge in [-0.25, -0.2) is 0 Å². The SMILES string of the molecule is CC[C@@H](CO)NC(=O)c1cc(C)ccc1O. The van der Waals surface area contributed by atoms with Gasteiger partial charge in [0, 0.05) is 0 Å². The lowest BCUT2D eigenvalue weighted by Crippen LogP contribution is -2.36. The summed E-state index contributed by atoms with van der Waals surface area (Å²) in [6.45, 7) is 3.62. The molecule has 0 radical (unpaired) electrons. The topological polar surface area (TPSA) is 69.6 Å². The monoisotopic (exact) mass is 223 g/mol. The van der Waals surface area contributed by atoms with E-state index in [1.807, 2.05) is 13.8 Å². The number of nitrogens with one attached hydrogen (secondary N) is 1. The number of phenols is 1. The first-order valence-corrected chi connectivity index (χ1v) is 5.29. The van der Waals surface area contributed by atoms with Gasteiger partial charge in [0.15, 0.2) is 0 Å². The Hall–Kier alpha value is -1.55. The minimum atomic E-state index is -0.359.